The molecule has 1 N–H and O–H groups in total. The quantitative estimate of drug-likeness (QED) is 0.574. The van der Waals surface area contributed by atoms with E-state index in [0.29, 0.717) is 16.3 Å². The van der Waals surface area contributed by atoms with Crippen LogP contribution in [0.5, 0.6) is 5.75 Å². The van der Waals surface area contributed by atoms with Gasteiger partial charge in [-0.15, -0.1) is 0 Å². The molecule has 0 radical (unpaired) electrons. The molecule has 2 amide bonds. The molecule has 0 aliphatic carbocycles. The summed E-state index contributed by atoms with van der Waals surface area (Å²) in [5.41, 5.74) is 2.59. The number of ether oxygens (including phenoxy) is 1. The average Bonchev–Trinajstić information content (AvgIpc) is 2.98. The summed E-state index contributed by atoms with van der Waals surface area (Å²) in [5.74, 6) is -0.0814. The van der Waals surface area contributed by atoms with Crippen LogP contribution < -0.4 is 15.0 Å². The minimum atomic E-state index is -0.384. The van der Waals surface area contributed by atoms with E-state index in [9.17, 15) is 9.59 Å². The zero-order valence-corrected chi connectivity index (χ0v) is 17.4. The number of rotatable bonds is 6. The summed E-state index contributed by atoms with van der Waals surface area (Å²) in [4.78, 5) is 29.0. The lowest BCUT2D eigenvalue weighted by atomic mass is 10.2. The molecule has 0 saturated heterocycles. The van der Waals surface area contributed by atoms with Crippen LogP contribution in [0.15, 0.2) is 94.4 Å². The van der Waals surface area contributed by atoms with Crippen LogP contribution in [-0.2, 0) is 9.59 Å². The van der Waals surface area contributed by atoms with E-state index in [1.165, 1.54) is 16.7 Å². The number of hydrogen-bond acceptors (Lipinski definition) is 5. The number of benzene rings is 3. The molecule has 1 aliphatic heterocycles. The smallest absolute Gasteiger partial charge is 0.283 e. The van der Waals surface area contributed by atoms with Gasteiger partial charge in [-0.2, -0.15) is 0 Å². The van der Waals surface area contributed by atoms with Crippen LogP contribution in [0.1, 0.15) is 5.56 Å². The second-order valence-corrected chi connectivity index (χ2v) is 7.84. The summed E-state index contributed by atoms with van der Waals surface area (Å²) in [6.07, 6.45) is 0. The first-order valence-corrected chi connectivity index (χ1v) is 10.2. The molecule has 0 aromatic heterocycles. The van der Waals surface area contributed by atoms with Crippen molar-refractivity contribution in [3.8, 4) is 5.75 Å². The molecule has 0 atom stereocenters. The fourth-order valence-electron chi connectivity index (χ4n) is 3.15. The van der Waals surface area contributed by atoms with Gasteiger partial charge in [-0.05, 0) is 61.0 Å². The van der Waals surface area contributed by atoms with E-state index in [1.54, 1.807) is 31.4 Å². The normalized spacial score (nSPS) is 13.7. The summed E-state index contributed by atoms with van der Waals surface area (Å²) < 4.78 is 5.18. The van der Waals surface area contributed by atoms with Gasteiger partial charge in [0.05, 0.1) is 12.8 Å². The van der Waals surface area contributed by atoms with E-state index < -0.39 is 0 Å². The Hall–Kier alpha value is -3.51. The lowest BCUT2D eigenvalue weighted by Crippen LogP contribution is -2.32. The summed E-state index contributed by atoms with van der Waals surface area (Å²) in [6.45, 7) is 1.98. The molecule has 6 heteroatoms. The van der Waals surface area contributed by atoms with Crippen molar-refractivity contribution in [3.05, 3.63) is 95.0 Å². The number of carbonyl (C=O) groups is 2. The predicted octanol–water partition coefficient (Wildman–Crippen LogP) is 4.99. The fourth-order valence-corrected chi connectivity index (χ4v) is 4.10. The lowest BCUT2D eigenvalue weighted by molar-refractivity contribution is -0.120. The van der Waals surface area contributed by atoms with Crippen LogP contribution in [0.25, 0.3) is 0 Å². The topological polar surface area (TPSA) is 58.6 Å². The zero-order valence-electron chi connectivity index (χ0n) is 16.6. The largest absolute Gasteiger partial charge is 0.497 e. The number of nitrogens with zero attached hydrogens (tertiary/aromatic N) is 1. The highest BCUT2D eigenvalue weighted by atomic mass is 32.2. The lowest BCUT2D eigenvalue weighted by Gasteiger charge is -2.15. The van der Waals surface area contributed by atoms with Gasteiger partial charge in [-0.25, -0.2) is 4.90 Å². The second-order valence-electron chi connectivity index (χ2n) is 6.76. The molecule has 30 heavy (non-hydrogen) atoms. The molecule has 1 heterocycles. The Morgan fingerprint density at radius 1 is 0.867 bits per heavy atom. The molecule has 0 spiro atoms. The van der Waals surface area contributed by atoms with Gasteiger partial charge >= 0.3 is 0 Å². The average molecular weight is 417 g/mol. The van der Waals surface area contributed by atoms with E-state index in [-0.39, 0.29) is 17.5 Å². The third-order valence-electron chi connectivity index (χ3n) is 4.62. The van der Waals surface area contributed by atoms with Gasteiger partial charge in [0.15, 0.2) is 0 Å². The van der Waals surface area contributed by atoms with Gasteiger partial charge in [0, 0.05) is 10.6 Å². The van der Waals surface area contributed by atoms with Crippen LogP contribution >= 0.6 is 11.8 Å². The van der Waals surface area contributed by atoms with Crippen LogP contribution in [0.2, 0.25) is 0 Å². The number of methoxy groups -OCH3 is 1. The van der Waals surface area contributed by atoms with Crippen molar-refractivity contribution >= 4 is 35.0 Å². The number of thioether (sulfide) groups is 1. The molecule has 0 fully saturated rings. The zero-order chi connectivity index (χ0) is 21.1. The molecule has 5 nitrogen and oxygen atoms in total. The molecule has 4 rings (SSSR count). The Kier molecular flexibility index (Phi) is 5.59. The van der Waals surface area contributed by atoms with Crippen LogP contribution in [-0.4, -0.2) is 18.9 Å². The first kappa shape index (κ1) is 19.8. The Bertz CT molecular complexity index is 1120. The van der Waals surface area contributed by atoms with Gasteiger partial charge in [0.25, 0.3) is 11.8 Å². The maximum absolute atomic E-state index is 13.3. The van der Waals surface area contributed by atoms with Crippen molar-refractivity contribution < 1.29 is 14.3 Å². The number of hydrogen-bond donors (Lipinski definition) is 1. The van der Waals surface area contributed by atoms with Crippen molar-refractivity contribution in [3.63, 3.8) is 0 Å². The fraction of sp³-hybridized carbons (Fsp3) is 0.0833. The first-order chi connectivity index (χ1) is 14.6. The maximum Gasteiger partial charge on any atom is 0.283 e. The van der Waals surface area contributed by atoms with Crippen LogP contribution in [0.4, 0.5) is 11.4 Å². The van der Waals surface area contributed by atoms with Crippen molar-refractivity contribution in [2.45, 2.75) is 11.8 Å². The maximum atomic E-state index is 13.3. The third kappa shape index (κ3) is 3.95. The van der Waals surface area contributed by atoms with Gasteiger partial charge in [0.2, 0.25) is 0 Å². The Labute approximate surface area is 179 Å². The van der Waals surface area contributed by atoms with Crippen molar-refractivity contribution in [2.75, 3.05) is 17.3 Å². The highest BCUT2D eigenvalue weighted by Gasteiger charge is 2.40. The number of aryl methyl sites for hydroxylation is 1. The molecular formula is C24H20N2O3S. The van der Waals surface area contributed by atoms with E-state index in [1.807, 2.05) is 61.5 Å². The van der Waals surface area contributed by atoms with Gasteiger partial charge in [-0.3, -0.25) is 9.59 Å². The Morgan fingerprint density at radius 2 is 1.60 bits per heavy atom. The van der Waals surface area contributed by atoms with Crippen molar-refractivity contribution in [2.24, 2.45) is 0 Å². The molecule has 3 aromatic carbocycles. The minimum absolute atomic E-state index is 0.273. The minimum Gasteiger partial charge on any atom is -0.497 e. The predicted molar refractivity (Wildman–Crippen MR) is 120 cm³/mol. The van der Waals surface area contributed by atoms with E-state index in [2.05, 4.69) is 5.32 Å². The number of carbonyl (C=O) groups excluding carboxylic acids is 2. The molecule has 0 unspecified atom stereocenters. The van der Waals surface area contributed by atoms with Gasteiger partial charge < -0.3 is 10.1 Å². The summed E-state index contributed by atoms with van der Waals surface area (Å²) in [5, 5.41) is 3.18. The molecule has 3 aromatic rings. The summed E-state index contributed by atoms with van der Waals surface area (Å²) in [6, 6.07) is 24.1. The van der Waals surface area contributed by atoms with Crippen molar-refractivity contribution in [1.29, 1.82) is 0 Å². The standard InChI is InChI=1S/C24H20N2O3S/c1-16-7-6-8-17(15-16)25-21-22(30-20-9-4-3-5-10-20)24(28)26(23(21)27)18-11-13-19(29-2)14-12-18/h3-15,25H,1-2H3. The molecule has 1 aliphatic rings. The highest BCUT2D eigenvalue weighted by molar-refractivity contribution is 8.04. The molecular weight excluding hydrogens is 396 g/mol. The molecule has 0 saturated carbocycles. The van der Waals surface area contributed by atoms with E-state index >= 15 is 0 Å². The van der Waals surface area contributed by atoms with Gasteiger partial charge in [0.1, 0.15) is 16.4 Å². The van der Waals surface area contributed by atoms with Crippen LogP contribution in [0.3, 0.4) is 0 Å². The van der Waals surface area contributed by atoms with Crippen molar-refractivity contribution in [1.82, 2.24) is 0 Å². The SMILES string of the molecule is COc1ccc(N2C(=O)C(Nc3cccc(C)c3)=C(Sc3ccccc3)C2=O)cc1. The molecule has 0 bridgehead atoms. The van der Waals surface area contributed by atoms with Gasteiger partial charge in [-0.1, -0.05) is 42.1 Å². The number of anilines is 2. The Balaban J connectivity index is 1.73. The number of imide groups is 1. The van der Waals surface area contributed by atoms with Crippen LogP contribution in [0, 0.1) is 6.92 Å². The first-order valence-electron chi connectivity index (χ1n) is 9.40. The Morgan fingerprint density at radius 3 is 2.27 bits per heavy atom. The summed E-state index contributed by atoms with van der Waals surface area (Å²) >= 11 is 1.28. The summed E-state index contributed by atoms with van der Waals surface area (Å²) in [7, 11) is 1.57. The van der Waals surface area contributed by atoms with E-state index in [0.717, 1.165) is 16.1 Å². The highest BCUT2D eigenvalue weighted by Crippen LogP contribution is 2.38. The van der Waals surface area contributed by atoms with E-state index in [4.69, 9.17) is 4.74 Å². The monoisotopic (exact) mass is 416 g/mol. The number of nitrogens with one attached hydrogen (secondary N) is 1. The molecule has 150 valence electrons. The number of amides is 2. The third-order valence-corrected chi connectivity index (χ3v) is 5.71. The second kappa shape index (κ2) is 8.47.